The molecule has 0 fully saturated rings. The van der Waals surface area contributed by atoms with E-state index < -0.39 is 16.9 Å². The van der Waals surface area contributed by atoms with Gasteiger partial charge in [-0.15, -0.1) is 0 Å². The lowest BCUT2D eigenvalue weighted by atomic mass is 10.1. The second-order valence-corrected chi connectivity index (χ2v) is 6.68. The van der Waals surface area contributed by atoms with Crippen LogP contribution in [0.25, 0.3) is 10.9 Å². The number of nitrogens with one attached hydrogen (secondary N) is 1. The zero-order chi connectivity index (χ0) is 18.0. The molecule has 0 bridgehead atoms. The van der Waals surface area contributed by atoms with Crippen molar-refractivity contribution in [1.82, 2.24) is 9.97 Å². The van der Waals surface area contributed by atoms with Gasteiger partial charge in [-0.2, -0.15) is 0 Å². The van der Waals surface area contributed by atoms with E-state index in [1.165, 1.54) is 17.8 Å². The molecule has 3 aromatic rings. The van der Waals surface area contributed by atoms with Crippen LogP contribution in [0.4, 0.5) is 14.6 Å². The van der Waals surface area contributed by atoms with Gasteiger partial charge < -0.3 is 5.32 Å². The molecule has 0 amide bonds. The Morgan fingerprint density at radius 2 is 1.88 bits per heavy atom. The standard InChI is InChI=1S/C18H15F2N3OS/c1-10(16(24)11-7-8-13(19)14(20)9-11)25-18-22-15-6-4-3-5-12(15)17(21-2)23-18/h3-10H,1-2H3,(H,21,22,23)/t10-/m0/s1. The fourth-order valence-electron chi connectivity index (χ4n) is 2.39. The molecule has 0 unspecified atom stereocenters. The second kappa shape index (κ2) is 7.14. The lowest BCUT2D eigenvalue weighted by molar-refractivity contribution is 0.0993. The first kappa shape index (κ1) is 17.3. The van der Waals surface area contributed by atoms with Gasteiger partial charge in [0, 0.05) is 18.0 Å². The van der Waals surface area contributed by atoms with E-state index in [1.807, 2.05) is 24.3 Å². The number of ketones is 1. The molecule has 1 N–H and O–H groups in total. The average molecular weight is 359 g/mol. The predicted octanol–water partition coefficient (Wildman–Crippen LogP) is 4.31. The number of halogens is 2. The summed E-state index contributed by atoms with van der Waals surface area (Å²) in [5.41, 5.74) is 0.880. The number of benzene rings is 2. The van der Waals surface area contributed by atoms with Gasteiger partial charge in [-0.1, -0.05) is 23.9 Å². The minimum atomic E-state index is -1.04. The highest BCUT2D eigenvalue weighted by atomic mass is 32.2. The highest BCUT2D eigenvalue weighted by Gasteiger charge is 2.20. The van der Waals surface area contributed by atoms with Crippen LogP contribution in [-0.2, 0) is 0 Å². The number of nitrogens with zero attached hydrogens (tertiary/aromatic N) is 2. The third kappa shape index (κ3) is 3.61. The highest BCUT2D eigenvalue weighted by molar-refractivity contribution is 8.00. The van der Waals surface area contributed by atoms with Crippen molar-refractivity contribution in [3.05, 3.63) is 59.7 Å². The normalized spacial score (nSPS) is 12.2. The minimum absolute atomic E-state index is 0.119. The molecule has 128 valence electrons. The Labute approximate surface area is 147 Å². The number of fused-ring (bicyclic) bond motifs is 1. The number of carbonyl (C=O) groups is 1. The van der Waals surface area contributed by atoms with Crippen LogP contribution in [0.3, 0.4) is 0 Å². The van der Waals surface area contributed by atoms with E-state index in [-0.39, 0.29) is 11.3 Å². The topological polar surface area (TPSA) is 54.9 Å². The molecule has 1 aromatic heterocycles. The minimum Gasteiger partial charge on any atom is -0.372 e. The van der Waals surface area contributed by atoms with Gasteiger partial charge in [0.25, 0.3) is 0 Å². The fourth-order valence-corrected chi connectivity index (χ4v) is 3.25. The van der Waals surface area contributed by atoms with E-state index in [0.29, 0.717) is 11.0 Å². The maximum absolute atomic E-state index is 13.3. The molecular formula is C18H15F2N3OS. The van der Waals surface area contributed by atoms with E-state index in [0.717, 1.165) is 23.0 Å². The monoisotopic (exact) mass is 359 g/mol. The summed E-state index contributed by atoms with van der Waals surface area (Å²) < 4.78 is 26.4. The Morgan fingerprint density at radius 1 is 1.12 bits per heavy atom. The summed E-state index contributed by atoms with van der Waals surface area (Å²) in [5, 5.41) is 3.79. The molecule has 4 nitrogen and oxygen atoms in total. The summed E-state index contributed by atoms with van der Waals surface area (Å²) in [6, 6.07) is 10.7. The van der Waals surface area contributed by atoms with E-state index >= 15 is 0 Å². The number of hydrogen-bond acceptors (Lipinski definition) is 5. The lowest BCUT2D eigenvalue weighted by Crippen LogP contribution is -2.14. The number of anilines is 1. The first-order chi connectivity index (χ1) is 12.0. The molecule has 0 saturated heterocycles. The smallest absolute Gasteiger partial charge is 0.190 e. The first-order valence-electron chi connectivity index (χ1n) is 7.60. The maximum Gasteiger partial charge on any atom is 0.190 e. The highest BCUT2D eigenvalue weighted by Crippen LogP contribution is 2.28. The van der Waals surface area contributed by atoms with Gasteiger partial charge in [0.05, 0.1) is 10.8 Å². The third-order valence-corrected chi connectivity index (χ3v) is 4.64. The summed E-state index contributed by atoms with van der Waals surface area (Å²) in [7, 11) is 1.76. The zero-order valence-corrected chi connectivity index (χ0v) is 14.4. The summed E-state index contributed by atoms with van der Waals surface area (Å²) in [4.78, 5) is 21.3. The molecule has 1 heterocycles. The number of Topliss-reactive ketones (excluding diaryl/α,β-unsaturated/α-hetero) is 1. The van der Waals surface area contributed by atoms with Gasteiger partial charge in [-0.3, -0.25) is 4.79 Å². The van der Waals surface area contributed by atoms with Gasteiger partial charge in [0.15, 0.2) is 22.6 Å². The van der Waals surface area contributed by atoms with E-state index in [1.54, 1.807) is 14.0 Å². The van der Waals surface area contributed by atoms with Gasteiger partial charge >= 0.3 is 0 Å². The first-order valence-corrected chi connectivity index (χ1v) is 8.48. The van der Waals surface area contributed by atoms with E-state index in [9.17, 15) is 13.6 Å². The molecule has 0 aliphatic rings. The van der Waals surface area contributed by atoms with Crippen LogP contribution >= 0.6 is 11.8 Å². The molecule has 3 rings (SSSR count). The number of para-hydroxylation sites is 1. The summed E-state index contributed by atoms with van der Waals surface area (Å²) in [5.74, 6) is -1.66. The Morgan fingerprint density at radius 3 is 2.60 bits per heavy atom. The Hall–Kier alpha value is -2.54. The number of aromatic nitrogens is 2. The van der Waals surface area contributed by atoms with Gasteiger partial charge in [0.1, 0.15) is 5.82 Å². The van der Waals surface area contributed by atoms with Crippen LogP contribution in [0.5, 0.6) is 0 Å². The number of carbonyl (C=O) groups excluding carboxylic acids is 1. The van der Waals surface area contributed by atoms with E-state index in [4.69, 9.17) is 0 Å². The maximum atomic E-state index is 13.3. The summed E-state index contributed by atoms with van der Waals surface area (Å²) >= 11 is 1.17. The van der Waals surface area contributed by atoms with Gasteiger partial charge in [-0.25, -0.2) is 18.7 Å². The largest absolute Gasteiger partial charge is 0.372 e. The van der Waals surface area contributed by atoms with Crippen molar-refractivity contribution in [1.29, 1.82) is 0 Å². The molecule has 0 saturated carbocycles. The predicted molar refractivity (Wildman–Crippen MR) is 95.1 cm³/mol. The SMILES string of the molecule is CNc1nc(S[C@@H](C)C(=O)c2ccc(F)c(F)c2)nc2ccccc12. The number of thioether (sulfide) groups is 1. The van der Waals surface area contributed by atoms with Crippen molar-refractivity contribution in [2.75, 3.05) is 12.4 Å². The van der Waals surface area contributed by atoms with E-state index in [2.05, 4.69) is 15.3 Å². The molecule has 0 aliphatic heterocycles. The van der Waals surface area contributed by atoms with Crippen molar-refractivity contribution in [3.63, 3.8) is 0 Å². The molecule has 0 spiro atoms. The molecule has 7 heteroatoms. The third-order valence-electron chi connectivity index (χ3n) is 3.68. The molecule has 0 aliphatic carbocycles. The van der Waals surface area contributed by atoms with Crippen molar-refractivity contribution in [3.8, 4) is 0 Å². The molecule has 0 radical (unpaired) electrons. The van der Waals surface area contributed by atoms with Gasteiger partial charge in [-0.05, 0) is 37.3 Å². The lowest BCUT2D eigenvalue weighted by Gasteiger charge is -2.12. The van der Waals surface area contributed by atoms with Crippen molar-refractivity contribution >= 4 is 34.3 Å². The molecule has 25 heavy (non-hydrogen) atoms. The van der Waals surface area contributed by atoms with Crippen molar-refractivity contribution in [2.24, 2.45) is 0 Å². The Bertz CT molecular complexity index is 949. The molecule has 1 atom stereocenters. The van der Waals surface area contributed by atoms with Crippen LogP contribution < -0.4 is 5.32 Å². The van der Waals surface area contributed by atoms with Crippen LogP contribution in [0.1, 0.15) is 17.3 Å². The van der Waals surface area contributed by atoms with Crippen LogP contribution in [-0.4, -0.2) is 28.0 Å². The van der Waals surface area contributed by atoms with Crippen LogP contribution in [0.15, 0.2) is 47.6 Å². The van der Waals surface area contributed by atoms with Crippen LogP contribution in [0, 0.1) is 11.6 Å². The average Bonchev–Trinajstić information content (AvgIpc) is 2.62. The van der Waals surface area contributed by atoms with Crippen molar-refractivity contribution in [2.45, 2.75) is 17.3 Å². The number of rotatable bonds is 5. The summed E-state index contributed by atoms with van der Waals surface area (Å²) in [6.07, 6.45) is 0. The number of hydrogen-bond donors (Lipinski definition) is 1. The van der Waals surface area contributed by atoms with Crippen LogP contribution in [0.2, 0.25) is 0 Å². The van der Waals surface area contributed by atoms with Crippen molar-refractivity contribution < 1.29 is 13.6 Å². The molecular weight excluding hydrogens is 344 g/mol. The Kier molecular flexibility index (Phi) is 4.94. The summed E-state index contributed by atoms with van der Waals surface area (Å²) in [6.45, 7) is 1.69. The zero-order valence-electron chi connectivity index (χ0n) is 13.6. The Balaban J connectivity index is 1.87. The second-order valence-electron chi connectivity index (χ2n) is 5.38. The molecule has 2 aromatic carbocycles. The fraction of sp³-hybridized carbons (Fsp3) is 0.167. The van der Waals surface area contributed by atoms with Gasteiger partial charge in [0.2, 0.25) is 0 Å². The quantitative estimate of drug-likeness (QED) is 0.418.